The fourth-order valence-electron chi connectivity index (χ4n) is 4.32. The molecule has 0 radical (unpaired) electrons. The van der Waals surface area contributed by atoms with Crippen LogP contribution in [0.15, 0.2) is 54.6 Å². The van der Waals surface area contributed by atoms with Crippen LogP contribution in [-0.2, 0) is 22.4 Å². The van der Waals surface area contributed by atoms with E-state index in [-0.39, 0.29) is 30.1 Å². The SMILES string of the molecule is CC[C@@H](C(=O)NC1CCCCC1)N(CCc1ccccc1)C(=O)Cc1ccc(F)cc1. The highest BCUT2D eigenvalue weighted by Crippen LogP contribution is 2.19. The predicted octanol–water partition coefficient (Wildman–Crippen LogP) is 4.67. The highest BCUT2D eigenvalue weighted by Gasteiger charge is 2.30. The molecule has 2 aromatic carbocycles. The van der Waals surface area contributed by atoms with Crippen LogP contribution >= 0.6 is 0 Å². The van der Waals surface area contributed by atoms with Gasteiger partial charge in [-0.05, 0) is 48.9 Å². The number of amides is 2. The highest BCUT2D eigenvalue weighted by atomic mass is 19.1. The molecular weight excluding hydrogens is 391 g/mol. The van der Waals surface area contributed by atoms with Gasteiger partial charge < -0.3 is 10.2 Å². The quantitative estimate of drug-likeness (QED) is 0.636. The summed E-state index contributed by atoms with van der Waals surface area (Å²) in [5, 5.41) is 3.19. The van der Waals surface area contributed by atoms with Crippen molar-refractivity contribution in [1.29, 1.82) is 0 Å². The van der Waals surface area contributed by atoms with Gasteiger partial charge in [0, 0.05) is 12.6 Å². The van der Waals surface area contributed by atoms with Crippen LogP contribution in [-0.4, -0.2) is 35.3 Å². The lowest BCUT2D eigenvalue weighted by atomic mass is 9.95. The van der Waals surface area contributed by atoms with Crippen LogP contribution in [0.25, 0.3) is 0 Å². The average molecular weight is 425 g/mol. The molecule has 0 aromatic heterocycles. The molecule has 1 atom stereocenters. The van der Waals surface area contributed by atoms with Gasteiger partial charge in [0.1, 0.15) is 11.9 Å². The van der Waals surface area contributed by atoms with E-state index in [4.69, 9.17) is 0 Å². The fourth-order valence-corrected chi connectivity index (χ4v) is 4.32. The topological polar surface area (TPSA) is 49.4 Å². The number of rotatable bonds is 9. The van der Waals surface area contributed by atoms with Gasteiger partial charge >= 0.3 is 0 Å². The van der Waals surface area contributed by atoms with Gasteiger partial charge in [-0.25, -0.2) is 4.39 Å². The first-order valence-electron chi connectivity index (χ1n) is 11.4. The molecular formula is C26H33FN2O2. The van der Waals surface area contributed by atoms with E-state index in [2.05, 4.69) is 5.32 Å². The maximum Gasteiger partial charge on any atom is 0.243 e. The Hall–Kier alpha value is -2.69. The molecule has 1 aliphatic carbocycles. The zero-order valence-electron chi connectivity index (χ0n) is 18.4. The van der Waals surface area contributed by atoms with Crippen molar-refractivity contribution in [1.82, 2.24) is 10.2 Å². The van der Waals surface area contributed by atoms with Gasteiger partial charge in [0.05, 0.1) is 6.42 Å². The Morgan fingerprint density at radius 2 is 1.68 bits per heavy atom. The van der Waals surface area contributed by atoms with Crippen LogP contribution < -0.4 is 5.32 Å². The third kappa shape index (κ3) is 6.91. The summed E-state index contributed by atoms with van der Waals surface area (Å²) in [5.41, 5.74) is 1.88. The Kier molecular flexibility index (Phi) is 8.63. The van der Waals surface area contributed by atoms with Crippen molar-refractivity contribution in [2.75, 3.05) is 6.54 Å². The Morgan fingerprint density at radius 1 is 1.00 bits per heavy atom. The molecule has 1 aliphatic rings. The van der Waals surface area contributed by atoms with E-state index in [0.717, 1.165) is 36.8 Å². The first kappa shape index (κ1) is 23.0. The second kappa shape index (κ2) is 11.6. The Morgan fingerprint density at radius 3 is 2.32 bits per heavy atom. The molecule has 0 heterocycles. The standard InChI is InChI=1S/C26H33FN2O2/c1-2-24(26(31)28-23-11-7-4-8-12-23)29(18-17-20-9-5-3-6-10-20)25(30)19-21-13-15-22(27)16-14-21/h3,5-6,9-10,13-16,23-24H,2,4,7-8,11-12,17-19H2,1H3,(H,28,31)/t24-/m0/s1. The number of halogens is 1. The van der Waals surface area contributed by atoms with Crippen molar-refractivity contribution >= 4 is 11.8 Å². The number of benzene rings is 2. The van der Waals surface area contributed by atoms with E-state index in [9.17, 15) is 14.0 Å². The number of nitrogens with zero attached hydrogens (tertiary/aromatic N) is 1. The minimum absolute atomic E-state index is 0.0603. The number of carbonyl (C=O) groups excluding carboxylic acids is 2. The molecule has 0 unspecified atom stereocenters. The van der Waals surface area contributed by atoms with Crippen molar-refractivity contribution in [2.24, 2.45) is 0 Å². The van der Waals surface area contributed by atoms with Crippen LogP contribution in [0.5, 0.6) is 0 Å². The third-order valence-electron chi connectivity index (χ3n) is 6.09. The lowest BCUT2D eigenvalue weighted by molar-refractivity contribution is -0.140. The van der Waals surface area contributed by atoms with Crippen LogP contribution in [0.3, 0.4) is 0 Å². The van der Waals surface area contributed by atoms with Gasteiger partial charge in [0.2, 0.25) is 11.8 Å². The molecule has 31 heavy (non-hydrogen) atoms. The lowest BCUT2D eigenvalue weighted by Crippen LogP contribution is -2.52. The predicted molar refractivity (Wildman–Crippen MR) is 121 cm³/mol. The van der Waals surface area contributed by atoms with Crippen LogP contribution in [0.4, 0.5) is 4.39 Å². The van der Waals surface area contributed by atoms with Crippen LogP contribution in [0, 0.1) is 5.82 Å². The normalized spacial score (nSPS) is 15.3. The molecule has 0 aliphatic heterocycles. The first-order valence-corrected chi connectivity index (χ1v) is 11.4. The monoisotopic (exact) mass is 424 g/mol. The number of nitrogens with one attached hydrogen (secondary N) is 1. The number of hydrogen-bond donors (Lipinski definition) is 1. The van der Waals surface area contributed by atoms with Crippen LogP contribution in [0.1, 0.15) is 56.6 Å². The molecule has 5 heteroatoms. The molecule has 1 saturated carbocycles. The Labute approximate surface area is 184 Å². The second-order valence-electron chi connectivity index (χ2n) is 8.39. The summed E-state index contributed by atoms with van der Waals surface area (Å²) in [7, 11) is 0. The molecule has 0 bridgehead atoms. The van der Waals surface area contributed by atoms with Crippen LogP contribution in [0.2, 0.25) is 0 Å². The summed E-state index contributed by atoms with van der Waals surface area (Å²) in [4.78, 5) is 28.1. The molecule has 0 saturated heterocycles. The zero-order chi connectivity index (χ0) is 22.1. The van der Waals surface area contributed by atoms with Gasteiger partial charge in [-0.15, -0.1) is 0 Å². The van der Waals surface area contributed by atoms with E-state index in [1.54, 1.807) is 17.0 Å². The fraction of sp³-hybridized carbons (Fsp3) is 0.462. The second-order valence-corrected chi connectivity index (χ2v) is 8.39. The molecule has 166 valence electrons. The highest BCUT2D eigenvalue weighted by molar-refractivity contribution is 5.88. The third-order valence-corrected chi connectivity index (χ3v) is 6.09. The van der Waals surface area contributed by atoms with E-state index in [1.807, 2.05) is 37.3 Å². The van der Waals surface area contributed by atoms with Crippen molar-refractivity contribution in [2.45, 2.75) is 70.4 Å². The summed E-state index contributed by atoms with van der Waals surface area (Å²) >= 11 is 0. The smallest absolute Gasteiger partial charge is 0.243 e. The minimum Gasteiger partial charge on any atom is -0.352 e. The van der Waals surface area contributed by atoms with Gasteiger partial charge in [-0.1, -0.05) is 68.7 Å². The van der Waals surface area contributed by atoms with Gasteiger partial charge in [0.25, 0.3) is 0 Å². The molecule has 0 spiro atoms. The van der Waals surface area contributed by atoms with Crippen molar-refractivity contribution < 1.29 is 14.0 Å². The molecule has 3 rings (SSSR count). The van der Waals surface area contributed by atoms with Crippen molar-refractivity contribution in [3.05, 3.63) is 71.5 Å². The van der Waals surface area contributed by atoms with Crippen molar-refractivity contribution in [3.63, 3.8) is 0 Å². The minimum atomic E-state index is -0.501. The Bertz CT molecular complexity index is 832. The van der Waals surface area contributed by atoms with Gasteiger partial charge in [0.15, 0.2) is 0 Å². The Balaban J connectivity index is 1.73. The van der Waals surface area contributed by atoms with E-state index in [0.29, 0.717) is 19.4 Å². The number of hydrogen-bond acceptors (Lipinski definition) is 2. The van der Waals surface area contributed by atoms with Gasteiger partial charge in [-0.3, -0.25) is 9.59 Å². The summed E-state index contributed by atoms with van der Waals surface area (Å²) in [6.07, 6.45) is 6.92. The molecule has 2 aromatic rings. The molecule has 1 fully saturated rings. The molecule has 2 amide bonds. The zero-order valence-corrected chi connectivity index (χ0v) is 18.4. The average Bonchev–Trinajstić information content (AvgIpc) is 2.79. The lowest BCUT2D eigenvalue weighted by Gasteiger charge is -2.33. The van der Waals surface area contributed by atoms with E-state index >= 15 is 0 Å². The maximum atomic E-state index is 13.3. The van der Waals surface area contributed by atoms with Crippen molar-refractivity contribution in [3.8, 4) is 0 Å². The summed E-state index contributed by atoms with van der Waals surface area (Å²) in [5.74, 6) is -0.487. The molecule has 1 N–H and O–H groups in total. The maximum absolute atomic E-state index is 13.3. The summed E-state index contributed by atoms with van der Waals surface area (Å²) in [6.45, 7) is 2.42. The largest absolute Gasteiger partial charge is 0.352 e. The first-order chi connectivity index (χ1) is 15.1. The van der Waals surface area contributed by atoms with E-state index < -0.39 is 6.04 Å². The van der Waals surface area contributed by atoms with E-state index in [1.165, 1.54) is 18.6 Å². The summed E-state index contributed by atoms with van der Waals surface area (Å²) < 4.78 is 13.3. The van der Waals surface area contributed by atoms with Gasteiger partial charge in [-0.2, -0.15) is 0 Å². The summed E-state index contributed by atoms with van der Waals surface area (Å²) in [6, 6.07) is 15.7. The molecule has 4 nitrogen and oxygen atoms in total. The number of carbonyl (C=O) groups is 2.